The maximum Gasteiger partial charge on any atom is 0.321 e. The highest BCUT2D eigenvalue weighted by Crippen LogP contribution is 2.24. The summed E-state index contributed by atoms with van der Waals surface area (Å²) >= 11 is 1.15. The standard InChI is InChI=1S/C8H15NO6S/c10-1-4(11)5(12)6(13)7-9-3(2-16-7)8(14)15/h3-7,9-13H,1-2H2,(H,14,15)/t3-,4-,5-,6-,7-/m0/s1/i16+3. The van der Waals surface area contributed by atoms with Crippen molar-refractivity contribution in [1.82, 2.24) is 5.32 Å². The van der Waals surface area contributed by atoms with Gasteiger partial charge >= 0.3 is 5.97 Å². The van der Waals surface area contributed by atoms with Gasteiger partial charge < -0.3 is 25.5 Å². The van der Waals surface area contributed by atoms with Crippen molar-refractivity contribution in [3.63, 3.8) is 0 Å². The van der Waals surface area contributed by atoms with Gasteiger partial charge in [-0.15, -0.1) is 11.8 Å². The Bertz CT molecular complexity index is 253. The van der Waals surface area contributed by atoms with Crippen LogP contribution in [0.1, 0.15) is 0 Å². The molecule has 1 saturated heterocycles. The highest BCUT2D eigenvalue weighted by Gasteiger charge is 2.38. The Morgan fingerprint density at radius 1 is 1.44 bits per heavy atom. The van der Waals surface area contributed by atoms with Gasteiger partial charge in [0.25, 0.3) is 0 Å². The number of carboxylic acids is 1. The predicted octanol–water partition coefficient (Wildman–Crippen LogP) is -2.82. The van der Waals surface area contributed by atoms with Gasteiger partial charge in [0.2, 0.25) is 0 Å². The van der Waals surface area contributed by atoms with Gasteiger partial charge in [-0.2, -0.15) is 0 Å². The number of hydrogen-bond acceptors (Lipinski definition) is 7. The summed E-state index contributed by atoms with van der Waals surface area (Å²) in [5, 5.41) is 47.4. The Kier molecular flexibility index (Phi) is 4.96. The molecule has 0 saturated carbocycles. The molecule has 94 valence electrons. The van der Waals surface area contributed by atoms with Crippen LogP contribution in [0, 0.1) is 0 Å². The molecule has 0 bridgehead atoms. The fourth-order valence-corrected chi connectivity index (χ4v) is 2.61. The Morgan fingerprint density at radius 2 is 2.06 bits per heavy atom. The fourth-order valence-electron chi connectivity index (χ4n) is 1.35. The molecular formula is C8H15NO6S. The van der Waals surface area contributed by atoms with Crippen LogP contribution in [0.25, 0.3) is 0 Å². The van der Waals surface area contributed by atoms with E-state index in [0.717, 1.165) is 11.8 Å². The van der Waals surface area contributed by atoms with Gasteiger partial charge in [-0.3, -0.25) is 10.1 Å². The summed E-state index contributed by atoms with van der Waals surface area (Å²) in [6.45, 7) is -0.669. The third-order valence-electron chi connectivity index (χ3n) is 2.35. The van der Waals surface area contributed by atoms with Crippen LogP contribution in [-0.2, 0) is 4.79 Å². The van der Waals surface area contributed by atoms with E-state index in [4.69, 9.17) is 15.3 Å². The van der Waals surface area contributed by atoms with E-state index in [1.54, 1.807) is 0 Å². The fraction of sp³-hybridized carbons (Fsp3) is 0.875. The van der Waals surface area contributed by atoms with E-state index in [0.29, 0.717) is 0 Å². The van der Waals surface area contributed by atoms with E-state index in [2.05, 4.69) is 5.32 Å². The van der Waals surface area contributed by atoms with Crippen LogP contribution in [0.15, 0.2) is 0 Å². The first kappa shape index (κ1) is 13.7. The third-order valence-corrected chi connectivity index (χ3v) is 3.65. The molecule has 0 amide bonds. The van der Waals surface area contributed by atoms with Crippen molar-refractivity contribution in [2.75, 3.05) is 12.4 Å². The number of aliphatic hydroxyl groups excluding tert-OH is 4. The number of nitrogens with one attached hydrogen (secondary N) is 1. The summed E-state index contributed by atoms with van der Waals surface area (Å²) in [7, 11) is 0. The lowest BCUT2D eigenvalue weighted by atomic mass is 10.1. The minimum atomic E-state index is -1.51. The Balaban J connectivity index is 2.50. The molecule has 0 aromatic rings. The second kappa shape index (κ2) is 5.80. The van der Waals surface area contributed by atoms with E-state index in [-0.39, 0.29) is 5.75 Å². The van der Waals surface area contributed by atoms with Crippen molar-refractivity contribution in [2.45, 2.75) is 29.7 Å². The van der Waals surface area contributed by atoms with E-state index in [1.165, 1.54) is 0 Å². The number of carboxylic acid groups (broad SMARTS) is 1. The first-order valence-corrected chi connectivity index (χ1v) is 5.77. The zero-order valence-corrected chi connectivity index (χ0v) is 9.17. The van der Waals surface area contributed by atoms with Crippen LogP contribution in [-0.4, -0.2) is 73.6 Å². The third kappa shape index (κ3) is 3.06. The first-order chi connectivity index (χ1) is 7.47. The monoisotopic (exact) mass is 256 g/mol. The largest absolute Gasteiger partial charge is 0.480 e. The molecule has 0 unspecified atom stereocenters. The molecule has 0 aliphatic carbocycles. The molecule has 0 spiro atoms. The van der Waals surface area contributed by atoms with Crippen LogP contribution in [0.5, 0.6) is 0 Å². The van der Waals surface area contributed by atoms with Gasteiger partial charge in [0.15, 0.2) is 0 Å². The molecule has 1 aliphatic rings. The Labute approximate surface area is 96.1 Å². The normalized spacial score (nSPS) is 31.0. The van der Waals surface area contributed by atoms with Gasteiger partial charge in [0.05, 0.1) is 12.0 Å². The van der Waals surface area contributed by atoms with Gasteiger partial charge in [-0.25, -0.2) is 0 Å². The topological polar surface area (TPSA) is 130 Å². The Morgan fingerprint density at radius 3 is 2.50 bits per heavy atom. The van der Waals surface area contributed by atoms with Crippen molar-refractivity contribution < 1.29 is 30.3 Å². The minimum absolute atomic E-state index is 0.277. The summed E-state index contributed by atoms with van der Waals surface area (Å²) in [6.07, 6.45) is -4.29. The molecule has 1 aliphatic heterocycles. The average molecular weight is 256 g/mol. The quantitative estimate of drug-likeness (QED) is 0.310. The molecule has 6 N–H and O–H groups in total. The average Bonchev–Trinajstić information content (AvgIpc) is 2.75. The van der Waals surface area contributed by atoms with Crippen LogP contribution in [0.3, 0.4) is 0 Å². The van der Waals surface area contributed by atoms with Crippen LogP contribution in [0.2, 0.25) is 0 Å². The molecule has 1 heterocycles. The number of hydrogen-bond donors (Lipinski definition) is 6. The van der Waals surface area contributed by atoms with E-state index >= 15 is 0 Å². The summed E-state index contributed by atoms with van der Waals surface area (Å²) in [5.74, 6) is -0.752. The van der Waals surface area contributed by atoms with E-state index in [1.807, 2.05) is 0 Å². The summed E-state index contributed by atoms with van der Waals surface area (Å²) < 4.78 is 0. The second-order valence-corrected chi connectivity index (χ2v) is 4.72. The summed E-state index contributed by atoms with van der Waals surface area (Å²) in [5.41, 5.74) is 0. The number of carbonyl (C=O) groups is 1. The molecular weight excluding hydrogens is 241 g/mol. The zero-order chi connectivity index (χ0) is 12.3. The van der Waals surface area contributed by atoms with Crippen molar-refractivity contribution in [2.24, 2.45) is 0 Å². The van der Waals surface area contributed by atoms with Crippen molar-refractivity contribution in [1.29, 1.82) is 0 Å². The maximum absolute atomic E-state index is 10.6. The van der Waals surface area contributed by atoms with Gasteiger partial charge in [0, 0.05) is 5.75 Å². The van der Waals surface area contributed by atoms with Crippen LogP contribution >= 0.6 is 11.8 Å². The number of thioether (sulfide) groups is 1. The summed E-state index contributed by atoms with van der Waals surface area (Å²) in [4.78, 5) is 10.6. The molecule has 1 fully saturated rings. The SMILES string of the molecule is O=C(O)[C@@H]1C[35S][C@@H]([C@@H](O)[C@@H](O)[C@@H](O)CO)N1. The molecule has 5 atom stereocenters. The van der Waals surface area contributed by atoms with Gasteiger partial charge in [-0.05, 0) is 0 Å². The molecule has 0 aromatic heterocycles. The van der Waals surface area contributed by atoms with Crippen molar-refractivity contribution in [3.05, 3.63) is 0 Å². The smallest absolute Gasteiger partial charge is 0.321 e. The van der Waals surface area contributed by atoms with Gasteiger partial charge in [0.1, 0.15) is 24.4 Å². The van der Waals surface area contributed by atoms with E-state index < -0.39 is 42.3 Å². The van der Waals surface area contributed by atoms with Crippen LogP contribution < -0.4 is 5.32 Å². The molecule has 0 radical (unpaired) electrons. The van der Waals surface area contributed by atoms with Crippen molar-refractivity contribution in [3.8, 4) is 0 Å². The van der Waals surface area contributed by atoms with Crippen LogP contribution in [0.4, 0.5) is 0 Å². The predicted molar refractivity (Wildman–Crippen MR) is 55.9 cm³/mol. The zero-order valence-electron chi connectivity index (χ0n) is 8.35. The lowest BCUT2D eigenvalue weighted by molar-refractivity contribution is -0.139. The molecule has 8 heteroatoms. The molecule has 7 nitrogen and oxygen atoms in total. The Hall–Kier alpha value is -0.380. The number of aliphatic hydroxyl groups is 4. The highest BCUT2D eigenvalue weighted by atomic mass is 35.1. The minimum Gasteiger partial charge on any atom is -0.480 e. The molecule has 16 heavy (non-hydrogen) atoms. The molecule has 1 rings (SSSR count). The molecule has 0 aromatic carbocycles. The second-order valence-electron chi connectivity index (χ2n) is 3.54. The number of rotatable bonds is 5. The number of aliphatic carboxylic acids is 1. The first-order valence-electron chi connectivity index (χ1n) is 4.73. The van der Waals surface area contributed by atoms with Gasteiger partial charge in [-0.1, -0.05) is 0 Å². The summed E-state index contributed by atoms with van der Waals surface area (Å²) in [6, 6.07) is -0.775. The van der Waals surface area contributed by atoms with Crippen molar-refractivity contribution >= 4 is 17.7 Å². The highest BCUT2D eigenvalue weighted by molar-refractivity contribution is 8.00. The van der Waals surface area contributed by atoms with E-state index in [9.17, 15) is 15.0 Å². The lowest BCUT2D eigenvalue weighted by Crippen LogP contribution is -2.50. The maximum atomic E-state index is 10.6. The lowest BCUT2D eigenvalue weighted by Gasteiger charge is -2.25.